The van der Waals surface area contributed by atoms with Crippen molar-refractivity contribution in [1.29, 1.82) is 0 Å². The van der Waals surface area contributed by atoms with Gasteiger partial charge in [-0.05, 0) is 70.6 Å². The third-order valence-electron chi connectivity index (χ3n) is 12.2. The van der Waals surface area contributed by atoms with Crippen molar-refractivity contribution >= 4 is 17.9 Å². The first-order valence-corrected chi connectivity index (χ1v) is 27.3. The molecule has 0 aromatic rings. The number of rotatable bonds is 50. The van der Waals surface area contributed by atoms with Gasteiger partial charge in [-0.15, -0.1) is 0 Å². The van der Waals surface area contributed by atoms with Gasteiger partial charge in [0.1, 0.15) is 13.2 Å². The highest BCUT2D eigenvalue weighted by Crippen LogP contribution is 2.16. The fourth-order valence-corrected chi connectivity index (χ4v) is 8.02. The second-order valence-electron chi connectivity index (χ2n) is 18.5. The maximum Gasteiger partial charge on any atom is 0.306 e. The van der Waals surface area contributed by atoms with E-state index in [-0.39, 0.29) is 31.1 Å². The Kier molecular flexibility index (Phi) is 49.8. The Morgan fingerprint density at radius 2 is 0.532 bits per heavy atom. The van der Waals surface area contributed by atoms with Crippen molar-refractivity contribution in [2.24, 2.45) is 0 Å². The maximum absolute atomic E-state index is 12.8. The lowest BCUT2D eigenvalue weighted by molar-refractivity contribution is -0.167. The fraction of sp³-hybridized carbons (Fsp3) is 0.875. The highest BCUT2D eigenvalue weighted by Gasteiger charge is 2.19. The highest BCUT2D eigenvalue weighted by molar-refractivity contribution is 5.71. The highest BCUT2D eigenvalue weighted by atomic mass is 16.6. The van der Waals surface area contributed by atoms with Gasteiger partial charge in [0.15, 0.2) is 6.10 Å². The summed E-state index contributed by atoms with van der Waals surface area (Å²) < 4.78 is 16.8. The molecule has 0 heterocycles. The lowest BCUT2D eigenvalue weighted by atomic mass is 10.0. The molecular formula is C56H104O6. The van der Waals surface area contributed by atoms with Crippen LogP contribution in [0.4, 0.5) is 0 Å². The van der Waals surface area contributed by atoms with Crippen molar-refractivity contribution < 1.29 is 28.6 Å². The van der Waals surface area contributed by atoms with Crippen LogP contribution < -0.4 is 0 Å². The van der Waals surface area contributed by atoms with E-state index in [0.717, 1.165) is 77.0 Å². The molecule has 0 radical (unpaired) electrons. The Bertz CT molecular complexity index is 1000. The van der Waals surface area contributed by atoms with Crippen molar-refractivity contribution in [1.82, 2.24) is 0 Å². The number of hydrogen-bond acceptors (Lipinski definition) is 6. The van der Waals surface area contributed by atoms with Gasteiger partial charge in [0.2, 0.25) is 0 Å². The Balaban J connectivity index is 4.36. The topological polar surface area (TPSA) is 78.9 Å². The molecule has 0 aliphatic rings. The summed E-state index contributed by atoms with van der Waals surface area (Å²) in [7, 11) is 0. The summed E-state index contributed by atoms with van der Waals surface area (Å²) in [5.41, 5.74) is 0. The largest absolute Gasteiger partial charge is 0.462 e. The maximum atomic E-state index is 12.8. The minimum Gasteiger partial charge on any atom is -0.462 e. The smallest absolute Gasteiger partial charge is 0.306 e. The van der Waals surface area contributed by atoms with Gasteiger partial charge in [0, 0.05) is 19.3 Å². The number of ether oxygens (including phenoxy) is 3. The Labute approximate surface area is 385 Å². The molecule has 0 aromatic carbocycles. The normalized spacial score (nSPS) is 12.1. The van der Waals surface area contributed by atoms with E-state index in [9.17, 15) is 14.4 Å². The predicted octanol–water partition coefficient (Wildman–Crippen LogP) is 17.9. The van der Waals surface area contributed by atoms with Crippen LogP contribution in [0.25, 0.3) is 0 Å². The zero-order valence-corrected chi connectivity index (χ0v) is 41.7. The van der Waals surface area contributed by atoms with Crippen molar-refractivity contribution in [2.75, 3.05) is 13.2 Å². The Hall–Kier alpha value is -2.11. The SMILES string of the molecule is CCCCCCCC/C=C\CCCCCC(=O)OCC(COC(=O)CCCCCCC/C=C\CCCCCCCCC)OC(=O)CCCCCCCCCCCCCCCCC. The van der Waals surface area contributed by atoms with E-state index in [1.807, 2.05) is 0 Å². The van der Waals surface area contributed by atoms with E-state index >= 15 is 0 Å². The van der Waals surface area contributed by atoms with Crippen LogP contribution in [0, 0.1) is 0 Å². The molecule has 0 aliphatic heterocycles. The molecule has 62 heavy (non-hydrogen) atoms. The summed E-state index contributed by atoms with van der Waals surface area (Å²) in [4.78, 5) is 38.0. The van der Waals surface area contributed by atoms with Crippen molar-refractivity contribution in [3.8, 4) is 0 Å². The molecule has 1 unspecified atom stereocenters. The van der Waals surface area contributed by atoms with Crippen LogP contribution in [0.3, 0.4) is 0 Å². The zero-order valence-electron chi connectivity index (χ0n) is 41.7. The molecule has 0 saturated heterocycles. The molecule has 6 nitrogen and oxygen atoms in total. The summed E-state index contributed by atoms with van der Waals surface area (Å²) in [5.74, 6) is -0.884. The van der Waals surface area contributed by atoms with E-state index in [4.69, 9.17) is 14.2 Å². The average molecular weight is 873 g/mol. The van der Waals surface area contributed by atoms with Gasteiger partial charge in [-0.3, -0.25) is 14.4 Å². The van der Waals surface area contributed by atoms with Crippen LogP contribution in [0.1, 0.15) is 297 Å². The molecule has 1 atom stereocenters. The average Bonchev–Trinajstić information content (AvgIpc) is 3.27. The van der Waals surface area contributed by atoms with Crippen LogP contribution in [0.5, 0.6) is 0 Å². The second kappa shape index (κ2) is 51.5. The molecule has 0 aliphatic carbocycles. The van der Waals surface area contributed by atoms with Gasteiger partial charge in [-0.25, -0.2) is 0 Å². The van der Waals surface area contributed by atoms with Crippen LogP contribution >= 0.6 is 0 Å². The molecule has 0 bridgehead atoms. The second-order valence-corrected chi connectivity index (χ2v) is 18.5. The number of carbonyl (C=O) groups is 3. The molecule has 0 N–H and O–H groups in total. The molecule has 0 amide bonds. The van der Waals surface area contributed by atoms with E-state index in [0.29, 0.717) is 19.3 Å². The zero-order chi connectivity index (χ0) is 45.1. The van der Waals surface area contributed by atoms with Gasteiger partial charge in [-0.2, -0.15) is 0 Å². The Morgan fingerprint density at radius 1 is 0.306 bits per heavy atom. The minimum atomic E-state index is -0.776. The summed E-state index contributed by atoms with van der Waals surface area (Å²) in [6.07, 6.45) is 58.7. The van der Waals surface area contributed by atoms with Gasteiger partial charge in [0.25, 0.3) is 0 Å². The summed E-state index contributed by atoms with van der Waals surface area (Å²) in [5, 5.41) is 0. The number of allylic oxidation sites excluding steroid dienone is 4. The first-order chi connectivity index (χ1) is 30.5. The fourth-order valence-electron chi connectivity index (χ4n) is 8.02. The summed E-state index contributed by atoms with van der Waals surface area (Å²) in [6.45, 7) is 6.64. The third-order valence-corrected chi connectivity index (χ3v) is 12.2. The van der Waals surface area contributed by atoms with Crippen molar-refractivity contribution in [3.05, 3.63) is 24.3 Å². The summed E-state index contributed by atoms with van der Waals surface area (Å²) >= 11 is 0. The van der Waals surface area contributed by atoms with Crippen LogP contribution in [0.15, 0.2) is 24.3 Å². The van der Waals surface area contributed by atoms with Crippen LogP contribution in [0.2, 0.25) is 0 Å². The first-order valence-electron chi connectivity index (χ1n) is 27.3. The molecule has 6 heteroatoms. The number of hydrogen-bond donors (Lipinski definition) is 0. The van der Waals surface area contributed by atoms with E-state index in [2.05, 4.69) is 45.1 Å². The van der Waals surface area contributed by atoms with Gasteiger partial charge < -0.3 is 14.2 Å². The van der Waals surface area contributed by atoms with E-state index in [1.165, 1.54) is 180 Å². The molecule has 0 saturated carbocycles. The van der Waals surface area contributed by atoms with Gasteiger partial charge >= 0.3 is 17.9 Å². The third kappa shape index (κ3) is 48.9. The van der Waals surface area contributed by atoms with E-state index < -0.39 is 6.10 Å². The molecule has 364 valence electrons. The lowest BCUT2D eigenvalue weighted by Crippen LogP contribution is -2.30. The number of carbonyl (C=O) groups excluding carboxylic acids is 3. The quantitative estimate of drug-likeness (QED) is 0.0262. The van der Waals surface area contributed by atoms with Gasteiger partial charge in [0.05, 0.1) is 0 Å². The molecule has 0 aromatic heterocycles. The minimum absolute atomic E-state index is 0.0764. The number of unbranched alkanes of at least 4 members (excludes halogenated alkanes) is 35. The van der Waals surface area contributed by atoms with Crippen LogP contribution in [-0.4, -0.2) is 37.2 Å². The van der Waals surface area contributed by atoms with Gasteiger partial charge in [-0.1, -0.05) is 231 Å². The predicted molar refractivity (Wildman–Crippen MR) is 266 cm³/mol. The monoisotopic (exact) mass is 873 g/mol. The molecule has 0 rings (SSSR count). The molecule has 0 fully saturated rings. The first kappa shape index (κ1) is 59.9. The summed E-state index contributed by atoms with van der Waals surface area (Å²) in [6, 6.07) is 0. The van der Waals surface area contributed by atoms with Crippen molar-refractivity contribution in [2.45, 2.75) is 303 Å². The lowest BCUT2D eigenvalue weighted by Gasteiger charge is -2.18. The molecular weight excluding hydrogens is 769 g/mol. The van der Waals surface area contributed by atoms with Crippen LogP contribution in [-0.2, 0) is 28.6 Å². The standard InChI is InChI=1S/C56H104O6/c1-4-7-10-13-16-19-22-25-27-29-31-34-37-40-43-46-49-55(58)61-52-53(51-60-54(57)48-45-42-39-36-33-30-24-21-18-15-12-9-6-3)62-56(59)50-47-44-41-38-35-32-28-26-23-20-17-14-11-8-5-2/h27,29-30,33,53H,4-26,28,31-32,34-52H2,1-3H3/b29-27-,33-30-. The van der Waals surface area contributed by atoms with Crippen molar-refractivity contribution in [3.63, 3.8) is 0 Å². The number of esters is 3. The Morgan fingerprint density at radius 3 is 0.823 bits per heavy atom. The van der Waals surface area contributed by atoms with E-state index in [1.54, 1.807) is 0 Å². The molecule has 0 spiro atoms.